The van der Waals surface area contributed by atoms with E-state index in [1.54, 1.807) is 17.1 Å². The predicted molar refractivity (Wildman–Crippen MR) is 121 cm³/mol. The van der Waals surface area contributed by atoms with Crippen molar-refractivity contribution in [1.82, 2.24) is 29.9 Å². The van der Waals surface area contributed by atoms with E-state index in [1.807, 2.05) is 48.7 Å². The standard InChI is InChI=1S/C23H22N8O2/c1-2-5-17(6-3-1)31-16-20(27-28-31)30-10-8-19-21(30)25-23(29-11-13-32-14-12-29)26-22(19)33-18-7-4-9-24-15-18/h1-7,9,15-16H,8,10-14H2. The van der Waals surface area contributed by atoms with E-state index in [0.717, 1.165) is 42.4 Å². The van der Waals surface area contributed by atoms with E-state index in [4.69, 9.17) is 19.4 Å². The molecular weight excluding hydrogens is 420 g/mol. The van der Waals surface area contributed by atoms with Gasteiger partial charge in [-0.2, -0.15) is 9.97 Å². The van der Waals surface area contributed by atoms with Crippen LogP contribution < -0.4 is 14.5 Å². The third-order valence-electron chi connectivity index (χ3n) is 5.70. The van der Waals surface area contributed by atoms with Gasteiger partial charge in [-0.05, 0) is 30.7 Å². The maximum absolute atomic E-state index is 6.17. The summed E-state index contributed by atoms with van der Waals surface area (Å²) in [5.74, 6) is 3.34. The topological polar surface area (TPSA) is 94.3 Å². The van der Waals surface area contributed by atoms with Gasteiger partial charge in [0, 0.05) is 25.8 Å². The third-order valence-corrected chi connectivity index (χ3v) is 5.70. The molecule has 10 nitrogen and oxygen atoms in total. The molecule has 166 valence electrons. The van der Waals surface area contributed by atoms with Crippen LogP contribution in [0.1, 0.15) is 5.56 Å². The summed E-state index contributed by atoms with van der Waals surface area (Å²) in [5.41, 5.74) is 1.90. The molecule has 1 aromatic carbocycles. The number of hydrogen-bond donors (Lipinski definition) is 0. The van der Waals surface area contributed by atoms with Gasteiger partial charge in [-0.3, -0.25) is 4.98 Å². The summed E-state index contributed by atoms with van der Waals surface area (Å²) in [6.45, 7) is 3.47. The number of fused-ring (bicyclic) bond motifs is 1. The minimum Gasteiger partial charge on any atom is -0.437 e. The highest BCUT2D eigenvalue weighted by atomic mass is 16.5. The SMILES string of the molecule is c1ccc(-n2cc(N3CCc4c(Oc5cccnc5)nc(N5CCOCC5)nc43)nn2)cc1. The summed E-state index contributed by atoms with van der Waals surface area (Å²) in [6.07, 6.45) is 6.06. The van der Waals surface area contributed by atoms with Crippen molar-refractivity contribution < 1.29 is 9.47 Å². The Hall–Kier alpha value is -4.05. The van der Waals surface area contributed by atoms with Crippen molar-refractivity contribution in [2.24, 2.45) is 0 Å². The molecule has 1 saturated heterocycles. The first kappa shape index (κ1) is 19.6. The van der Waals surface area contributed by atoms with Crippen LogP contribution in [0.4, 0.5) is 17.6 Å². The maximum atomic E-state index is 6.17. The number of nitrogens with zero attached hydrogens (tertiary/aromatic N) is 8. The van der Waals surface area contributed by atoms with Gasteiger partial charge in [0.2, 0.25) is 11.8 Å². The molecule has 2 aliphatic rings. The average Bonchev–Trinajstić information content (AvgIpc) is 3.53. The average molecular weight is 442 g/mol. The van der Waals surface area contributed by atoms with Gasteiger partial charge in [-0.15, -0.1) is 5.10 Å². The molecule has 0 saturated carbocycles. The Morgan fingerprint density at radius 2 is 1.82 bits per heavy atom. The number of pyridine rings is 1. The lowest BCUT2D eigenvalue weighted by Crippen LogP contribution is -2.37. The summed E-state index contributed by atoms with van der Waals surface area (Å²) in [4.78, 5) is 18.1. The summed E-state index contributed by atoms with van der Waals surface area (Å²) in [5, 5.41) is 8.74. The lowest BCUT2D eigenvalue weighted by Gasteiger charge is -2.28. The van der Waals surface area contributed by atoms with Gasteiger partial charge < -0.3 is 19.3 Å². The molecule has 5 heterocycles. The highest BCUT2D eigenvalue weighted by molar-refractivity contribution is 5.67. The second kappa shape index (κ2) is 8.47. The smallest absolute Gasteiger partial charge is 0.230 e. The van der Waals surface area contributed by atoms with Crippen LogP contribution in [-0.2, 0) is 11.2 Å². The number of benzene rings is 1. The zero-order valence-electron chi connectivity index (χ0n) is 17.9. The van der Waals surface area contributed by atoms with Crippen molar-refractivity contribution in [3.05, 3.63) is 66.6 Å². The molecule has 2 aliphatic heterocycles. The molecule has 0 amide bonds. The Bertz CT molecular complexity index is 1240. The van der Waals surface area contributed by atoms with Gasteiger partial charge in [0.1, 0.15) is 11.6 Å². The summed E-state index contributed by atoms with van der Waals surface area (Å²) < 4.78 is 13.4. The number of para-hydroxylation sites is 1. The maximum Gasteiger partial charge on any atom is 0.230 e. The van der Waals surface area contributed by atoms with Crippen LogP contribution in [-0.4, -0.2) is 62.8 Å². The van der Waals surface area contributed by atoms with E-state index in [9.17, 15) is 0 Å². The van der Waals surface area contributed by atoms with Crippen LogP contribution in [0.15, 0.2) is 61.1 Å². The normalized spacial score (nSPS) is 15.5. The Morgan fingerprint density at radius 3 is 2.64 bits per heavy atom. The number of hydrogen-bond acceptors (Lipinski definition) is 9. The quantitative estimate of drug-likeness (QED) is 0.462. The Morgan fingerprint density at radius 1 is 0.939 bits per heavy atom. The molecule has 6 rings (SSSR count). The van der Waals surface area contributed by atoms with E-state index < -0.39 is 0 Å². The van der Waals surface area contributed by atoms with Crippen molar-refractivity contribution in [1.29, 1.82) is 0 Å². The molecule has 1 fully saturated rings. The molecule has 0 atom stereocenters. The van der Waals surface area contributed by atoms with E-state index >= 15 is 0 Å². The number of morpholine rings is 1. The molecule has 0 unspecified atom stereocenters. The van der Waals surface area contributed by atoms with Crippen molar-refractivity contribution in [2.45, 2.75) is 6.42 Å². The van der Waals surface area contributed by atoms with Crippen LogP contribution in [0.2, 0.25) is 0 Å². The van der Waals surface area contributed by atoms with Gasteiger partial charge in [-0.25, -0.2) is 4.68 Å². The van der Waals surface area contributed by atoms with Crippen LogP contribution in [0.25, 0.3) is 5.69 Å². The van der Waals surface area contributed by atoms with Crippen molar-refractivity contribution >= 4 is 17.6 Å². The van der Waals surface area contributed by atoms with Gasteiger partial charge in [0.05, 0.1) is 36.9 Å². The molecule has 0 N–H and O–H groups in total. The molecule has 33 heavy (non-hydrogen) atoms. The molecule has 0 bridgehead atoms. The molecule has 3 aromatic heterocycles. The van der Waals surface area contributed by atoms with Crippen LogP contribution in [0.3, 0.4) is 0 Å². The lowest BCUT2D eigenvalue weighted by molar-refractivity contribution is 0.122. The third kappa shape index (κ3) is 3.85. The molecule has 0 radical (unpaired) electrons. The van der Waals surface area contributed by atoms with Gasteiger partial charge >= 0.3 is 0 Å². The number of rotatable bonds is 5. The van der Waals surface area contributed by atoms with Gasteiger partial charge in [-0.1, -0.05) is 23.4 Å². The first-order valence-electron chi connectivity index (χ1n) is 10.9. The van der Waals surface area contributed by atoms with Crippen molar-refractivity contribution in [3.8, 4) is 17.3 Å². The second-order valence-electron chi connectivity index (χ2n) is 7.78. The molecule has 4 aromatic rings. The molecule has 0 aliphatic carbocycles. The zero-order chi connectivity index (χ0) is 22.0. The largest absolute Gasteiger partial charge is 0.437 e. The minimum absolute atomic E-state index is 0.549. The predicted octanol–water partition coefficient (Wildman–Crippen LogP) is 2.78. The van der Waals surface area contributed by atoms with Gasteiger partial charge in [0.25, 0.3) is 0 Å². The fourth-order valence-corrected chi connectivity index (χ4v) is 4.03. The number of ether oxygens (including phenoxy) is 2. The van der Waals surface area contributed by atoms with Crippen LogP contribution >= 0.6 is 0 Å². The van der Waals surface area contributed by atoms with Crippen molar-refractivity contribution in [3.63, 3.8) is 0 Å². The first-order chi connectivity index (χ1) is 16.3. The Kier molecular flexibility index (Phi) is 5.04. The Balaban J connectivity index is 1.39. The fraction of sp³-hybridized carbons (Fsp3) is 0.261. The van der Waals surface area contributed by atoms with Crippen molar-refractivity contribution in [2.75, 3.05) is 42.6 Å². The Labute approximate surface area is 190 Å². The second-order valence-corrected chi connectivity index (χ2v) is 7.78. The highest BCUT2D eigenvalue weighted by Crippen LogP contribution is 2.39. The van der Waals surface area contributed by atoms with Crippen LogP contribution in [0.5, 0.6) is 11.6 Å². The summed E-state index contributed by atoms with van der Waals surface area (Å²) >= 11 is 0. The zero-order valence-corrected chi connectivity index (χ0v) is 17.9. The number of aromatic nitrogens is 6. The molecule has 0 spiro atoms. The first-order valence-corrected chi connectivity index (χ1v) is 10.9. The van der Waals surface area contributed by atoms with E-state index in [2.05, 4.69) is 25.1 Å². The summed E-state index contributed by atoms with van der Waals surface area (Å²) in [6, 6.07) is 13.6. The monoisotopic (exact) mass is 442 g/mol. The fourth-order valence-electron chi connectivity index (χ4n) is 4.03. The van der Waals surface area contributed by atoms with E-state index in [1.165, 1.54) is 0 Å². The highest BCUT2D eigenvalue weighted by Gasteiger charge is 2.31. The van der Waals surface area contributed by atoms with E-state index in [0.29, 0.717) is 37.3 Å². The molecular formula is C23H22N8O2. The lowest BCUT2D eigenvalue weighted by atomic mass is 10.2. The number of anilines is 3. The summed E-state index contributed by atoms with van der Waals surface area (Å²) in [7, 11) is 0. The van der Waals surface area contributed by atoms with E-state index in [-0.39, 0.29) is 0 Å². The minimum atomic E-state index is 0.549. The van der Waals surface area contributed by atoms with Gasteiger partial charge in [0.15, 0.2) is 5.82 Å². The van der Waals surface area contributed by atoms with Crippen LogP contribution in [0, 0.1) is 0 Å². The molecule has 10 heteroatoms.